The number of aromatic nitrogens is 1. The van der Waals surface area contributed by atoms with E-state index in [0.29, 0.717) is 31.9 Å². The van der Waals surface area contributed by atoms with E-state index in [1.165, 1.54) is 0 Å². The molecule has 174 valence electrons. The van der Waals surface area contributed by atoms with Crippen molar-refractivity contribution >= 4 is 22.7 Å². The molecule has 3 aromatic rings. The lowest BCUT2D eigenvalue weighted by molar-refractivity contribution is -0.133. The van der Waals surface area contributed by atoms with Crippen LogP contribution in [-0.4, -0.2) is 46.1 Å². The number of aryl methyl sites for hydroxylation is 1. The molecule has 2 aromatic carbocycles. The van der Waals surface area contributed by atoms with E-state index in [4.69, 9.17) is 4.74 Å². The lowest BCUT2D eigenvalue weighted by Crippen LogP contribution is -2.63. The number of amides is 2. The van der Waals surface area contributed by atoms with Crippen LogP contribution in [0.1, 0.15) is 48.8 Å². The average Bonchev–Trinajstić information content (AvgIpc) is 3.15. The maximum atomic E-state index is 13.8. The molecule has 0 saturated carbocycles. The topological polar surface area (TPSA) is 63.6 Å². The predicted octanol–water partition coefficient (Wildman–Crippen LogP) is 4.30. The van der Waals surface area contributed by atoms with Gasteiger partial charge in [-0.15, -0.1) is 0 Å². The van der Waals surface area contributed by atoms with Crippen LogP contribution >= 0.6 is 0 Å². The van der Waals surface area contributed by atoms with Gasteiger partial charge in [0.25, 0.3) is 5.91 Å². The van der Waals surface area contributed by atoms with Crippen LogP contribution in [0.15, 0.2) is 54.6 Å². The molecular formula is C27H33N3O3. The number of fused-ring (bicyclic) bond motifs is 3. The second-order valence-corrected chi connectivity index (χ2v) is 9.30. The van der Waals surface area contributed by atoms with Crippen molar-refractivity contribution in [3.8, 4) is 0 Å². The lowest BCUT2D eigenvalue weighted by atomic mass is 9.93. The number of hydrogen-bond donors (Lipinski definition) is 1. The third kappa shape index (κ3) is 4.53. The molecule has 6 nitrogen and oxygen atoms in total. The zero-order chi connectivity index (χ0) is 23.6. The van der Waals surface area contributed by atoms with Gasteiger partial charge in [-0.1, -0.05) is 42.5 Å². The van der Waals surface area contributed by atoms with Crippen molar-refractivity contribution in [2.75, 3.05) is 13.2 Å². The van der Waals surface area contributed by atoms with Crippen molar-refractivity contribution in [2.45, 2.75) is 58.8 Å². The first kappa shape index (κ1) is 23.1. The van der Waals surface area contributed by atoms with E-state index >= 15 is 0 Å². The quantitative estimate of drug-likeness (QED) is 0.524. The van der Waals surface area contributed by atoms with Crippen molar-refractivity contribution < 1.29 is 14.3 Å². The van der Waals surface area contributed by atoms with Gasteiger partial charge < -0.3 is 19.5 Å². The summed E-state index contributed by atoms with van der Waals surface area (Å²) < 4.78 is 7.58. The summed E-state index contributed by atoms with van der Waals surface area (Å²) >= 11 is 0. The van der Waals surface area contributed by atoms with Crippen molar-refractivity contribution in [3.63, 3.8) is 0 Å². The van der Waals surface area contributed by atoms with E-state index in [0.717, 1.165) is 28.5 Å². The van der Waals surface area contributed by atoms with Crippen LogP contribution in [0, 0.1) is 6.92 Å². The largest absolute Gasteiger partial charge is 0.379 e. The predicted molar refractivity (Wildman–Crippen MR) is 130 cm³/mol. The van der Waals surface area contributed by atoms with Gasteiger partial charge in [-0.3, -0.25) is 9.59 Å². The molecule has 1 aliphatic rings. The second-order valence-electron chi connectivity index (χ2n) is 9.30. The average molecular weight is 448 g/mol. The van der Waals surface area contributed by atoms with E-state index in [2.05, 4.69) is 5.32 Å². The summed E-state index contributed by atoms with van der Waals surface area (Å²) in [6.45, 7) is 9.79. The third-order valence-corrected chi connectivity index (χ3v) is 6.47. The van der Waals surface area contributed by atoms with E-state index in [-0.39, 0.29) is 17.9 Å². The molecule has 2 heterocycles. The molecule has 1 aromatic heterocycles. The minimum absolute atomic E-state index is 0.124. The van der Waals surface area contributed by atoms with Crippen molar-refractivity contribution in [1.29, 1.82) is 0 Å². The number of hydrogen-bond acceptors (Lipinski definition) is 3. The normalized spacial score (nSPS) is 18.1. The van der Waals surface area contributed by atoms with Gasteiger partial charge >= 0.3 is 0 Å². The summed E-state index contributed by atoms with van der Waals surface area (Å²) in [5.41, 5.74) is 2.72. The minimum Gasteiger partial charge on any atom is -0.379 e. The molecule has 1 unspecified atom stereocenters. The number of nitrogens with zero attached hydrogens (tertiary/aromatic N) is 2. The Bertz CT molecular complexity index is 1170. The molecule has 6 heteroatoms. The Kier molecular flexibility index (Phi) is 6.56. The number of para-hydroxylation sites is 1. The third-order valence-electron chi connectivity index (χ3n) is 6.47. The number of carbonyl (C=O) groups excluding carboxylic acids is 2. The van der Waals surface area contributed by atoms with E-state index in [9.17, 15) is 9.59 Å². The van der Waals surface area contributed by atoms with Crippen LogP contribution in [0.5, 0.6) is 0 Å². The standard InChI is InChI=1S/C27H33N3O3/c1-19(2)33-15-9-14-28-26(32)27(4)18-29-23-13-8-7-11-21(23)16-24(29)25(31)30(27)17-22-12-6-5-10-20(22)3/h5-8,10-13,16,19H,9,14-15,17-18H2,1-4H3,(H,28,32). The highest BCUT2D eigenvalue weighted by Gasteiger charge is 2.47. The fraction of sp³-hybridized carbons (Fsp3) is 0.407. The van der Waals surface area contributed by atoms with Crippen molar-refractivity contribution in [1.82, 2.24) is 14.8 Å². The van der Waals surface area contributed by atoms with Crippen LogP contribution in [0.4, 0.5) is 0 Å². The van der Waals surface area contributed by atoms with E-state index < -0.39 is 5.54 Å². The Morgan fingerprint density at radius 1 is 1.15 bits per heavy atom. The zero-order valence-electron chi connectivity index (χ0n) is 19.9. The fourth-order valence-electron chi connectivity index (χ4n) is 4.50. The van der Waals surface area contributed by atoms with Gasteiger partial charge in [0.2, 0.25) is 5.91 Å². The Labute approximate surface area is 195 Å². The first-order chi connectivity index (χ1) is 15.8. The molecule has 1 N–H and O–H groups in total. The number of rotatable bonds is 8. The van der Waals surface area contributed by atoms with Gasteiger partial charge in [-0.05, 0) is 57.4 Å². The second kappa shape index (κ2) is 9.40. The first-order valence-corrected chi connectivity index (χ1v) is 11.7. The van der Waals surface area contributed by atoms with Crippen LogP contribution < -0.4 is 5.32 Å². The summed E-state index contributed by atoms with van der Waals surface area (Å²) in [5, 5.41) is 4.07. The summed E-state index contributed by atoms with van der Waals surface area (Å²) in [6, 6.07) is 17.9. The highest BCUT2D eigenvalue weighted by molar-refractivity contribution is 6.03. The molecule has 4 rings (SSSR count). The molecule has 1 atom stereocenters. The molecule has 2 amide bonds. The Balaban J connectivity index is 1.66. The number of nitrogens with one attached hydrogen (secondary N) is 1. The van der Waals surface area contributed by atoms with Crippen LogP contribution in [0.25, 0.3) is 10.9 Å². The molecule has 0 fully saturated rings. The molecule has 33 heavy (non-hydrogen) atoms. The molecule has 0 saturated heterocycles. The van der Waals surface area contributed by atoms with Crippen molar-refractivity contribution in [2.24, 2.45) is 0 Å². The Hall–Kier alpha value is -3.12. The minimum atomic E-state index is -1.02. The molecule has 0 bridgehead atoms. The maximum Gasteiger partial charge on any atom is 0.271 e. The van der Waals surface area contributed by atoms with Gasteiger partial charge in [0.05, 0.1) is 12.6 Å². The van der Waals surface area contributed by atoms with Crippen LogP contribution in [0.3, 0.4) is 0 Å². The SMILES string of the molecule is Cc1ccccc1CN1C(=O)c2cc3ccccc3n2CC1(C)C(=O)NCCCOC(C)C. The van der Waals surface area contributed by atoms with E-state index in [1.54, 1.807) is 4.90 Å². The smallest absolute Gasteiger partial charge is 0.271 e. The number of carbonyl (C=O) groups is 2. The molecule has 0 spiro atoms. The highest BCUT2D eigenvalue weighted by Crippen LogP contribution is 2.33. The van der Waals surface area contributed by atoms with Crippen LogP contribution in [-0.2, 0) is 22.6 Å². The molecule has 1 aliphatic heterocycles. The summed E-state index contributed by atoms with van der Waals surface area (Å²) in [6.07, 6.45) is 0.892. The highest BCUT2D eigenvalue weighted by atomic mass is 16.5. The molecular weight excluding hydrogens is 414 g/mol. The van der Waals surface area contributed by atoms with Gasteiger partial charge in [0, 0.05) is 30.6 Å². The summed E-state index contributed by atoms with van der Waals surface area (Å²) in [4.78, 5) is 29.1. The van der Waals surface area contributed by atoms with Gasteiger partial charge in [-0.25, -0.2) is 0 Å². The Morgan fingerprint density at radius 3 is 2.64 bits per heavy atom. The molecule has 0 aliphatic carbocycles. The number of ether oxygens (including phenoxy) is 1. The van der Waals surface area contributed by atoms with E-state index in [1.807, 2.05) is 86.9 Å². The summed E-state index contributed by atoms with van der Waals surface area (Å²) in [5.74, 6) is -0.265. The fourth-order valence-corrected chi connectivity index (χ4v) is 4.50. The first-order valence-electron chi connectivity index (χ1n) is 11.7. The Morgan fingerprint density at radius 2 is 1.88 bits per heavy atom. The van der Waals surface area contributed by atoms with Gasteiger partial charge in [0.15, 0.2) is 0 Å². The number of benzene rings is 2. The maximum absolute atomic E-state index is 13.8. The van der Waals surface area contributed by atoms with Crippen LogP contribution in [0.2, 0.25) is 0 Å². The van der Waals surface area contributed by atoms with Crippen molar-refractivity contribution in [3.05, 3.63) is 71.4 Å². The van der Waals surface area contributed by atoms with Gasteiger partial charge in [-0.2, -0.15) is 0 Å². The van der Waals surface area contributed by atoms with Gasteiger partial charge in [0.1, 0.15) is 11.2 Å². The zero-order valence-corrected chi connectivity index (χ0v) is 19.9. The lowest BCUT2D eigenvalue weighted by Gasteiger charge is -2.44. The molecule has 0 radical (unpaired) electrons. The monoisotopic (exact) mass is 447 g/mol. The summed E-state index contributed by atoms with van der Waals surface area (Å²) in [7, 11) is 0.